The lowest BCUT2D eigenvalue weighted by Crippen LogP contribution is -2.23. The van der Waals surface area contributed by atoms with Crippen LogP contribution in [0.1, 0.15) is 17.3 Å². The van der Waals surface area contributed by atoms with Gasteiger partial charge in [-0.2, -0.15) is 0 Å². The van der Waals surface area contributed by atoms with Crippen LogP contribution in [-0.4, -0.2) is 18.2 Å². The molecule has 0 aliphatic heterocycles. The average Bonchev–Trinajstić information content (AvgIpc) is 2.49. The van der Waals surface area contributed by atoms with Crippen LogP contribution in [0.25, 0.3) is 0 Å². The Kier molecular flexibility index (Phi) is 4.83. The first kappa shape index (κ1) is 15.6. The summed E-state index contributed by atoms with van der Waals surface area (Å²) in [6.45, 7) is 1.19. The highest BCUT2D eigenvalue weighted by atomic mass is 19.1. The zero-order valence-electron chi connectivity index (χ0n) is 11.8. The molecule has 0 fully saturated rings. The molecule has 0 saturated carbocycles. The van der Waals surface area contributed by atoms with Crippen LogP contribution in [0.3, 0.4) is 0 Å². The molecule has 2 aromatic rings. The summed E-state index contributed by atoms with van der Waals surface area (Å²) in [6.07, 6.45) is 0. The van der Waals surface area contributed by atoms with Crippen LogP contribution in [0.4, 0.5) is 20.2 Å². The van der Waals surface area contributed by atoms with E-state index in [0.29, 0.717) is 11.3 Å². The maximum atomic E-state index is 13.4. The molecule has 0 spiro atoms. The molecule has 2 N–H and O–H groups in total. The van der Waals surface area contributed by atoms with Gasteiger partial charge in [-0.3, -0.25) is 9.59 Å². The highest BCUT2D eigenvalue weighted by Crippen LogP contribution is 2.18. The zero-order chi connectivity index (χ0) is 16.1. The monoisotopic (exact) mass is 304 g/mol. The molecule has 0 bridgehead atoms. The van der Waals surface area contributed by atoms with Gasteiger partial charge in [0, 0.05) is 11.3 Å². The Balaban J connectivity index is 2.04. The van der Waals surface area contributed by atoms with Crippen LogP contribution in [0, 0.1) is 11.6 Å². The minimum atomic E-state index is -0.850. The van der Waals surface area contributed by atoms with Crippen molar-refractivity contribution >= 4 is 23.1 Å². The van der Waals surface area contributed by atoms with Crippen molar-refractivity contribution < 1.29 is 18.4 Å². The van der Waals surface area contributed by atoms with E-state index in [4.69, 9.17) is 0 Å². The molecule has 0 heterocycles. The SMILES string of the molecule is CC(=O)c1ccccc1NCC(=O)Nc1c(F)cccc1F. The molecule has 1 amide bonds. The minimum Gasteiger partial charge on any atom is -0.376 e. The van der Waals surface area contributed by atoms with Gasteiger partial charge in [0.15, 0.2) is 5.78 Å². The van der Waals surface area contributed by atoms with E-state index in [2.05, 4.69) is 10.6 Å². The minimum absolute atomic E-state index is 0.149. The van der Waals surface area contributed by atoms with Gasteiger partial charge in [0.2, 0.25) is 5.91 Å². The molecule has 2 rings (SSSR count). The Bertz CT molecular complexity index is 697. The van der Waals surface area contributed by atoms with Crippen molar-refractivity contribution in [3.05, 3.63) is 59.7 Å². The third-order valence-electron chi connectivity index (χ3n) is 2.97. The Labute approximate surface area is 126 Å². The summed E-state index contributed by atoms with van der Waals surface area (Å²) in [5.41, 5.74) is 0.431. The number of halogens is 2. The standard InChI is InChI=1S/C16H14F2N2O2/c1-10(21)11-5-2-3-8-14(11)19-9-15(22)20-16-12(17)6-4-7-13(16)18/h2-8,19H,9H2,1H3,(H,20,22). The molecular weight excluding hydrogens is 290 g/mol. The predicted molar refractivity (Wildman–Crippen MR) is 79.9 cm³/mol. The second-order valence-electron chi connectivity index (χ2n) is 4.60. The van der Waals surface area contributed by atoms with E-state index in [1.54, 1.807) is 24.3 Å². The van der Waals surface area contributed by atoms with E-state index >= 15 is 0 Å². The molecule has 0 atom stereocenters. The molecular formula is C16H14F2N2O2. The lowest BCUT2D eigenvalue weighted by Gasteiger charge is -2.11. The Morgan fingerprint density at radius 1 is 1.00 bits per heavy atom. The van der Waals surface area contributed by atoms with Crippen molar-refractivity contribution in [1.29, 1.82) is 0 Å². The van der Waals surface area contributed by atoms with Crippen molar-refractivity contribution in [3.63, 3.8) is 0 Å². The number of para-hydroxylation sites is 2. The van der Waals surface area contributed by atoms with Crippen molar-refractivity contribution in [2.75, 3.05) is 17.2 Å². The second-order valence-corrected chi connectivity index (χ2v) is 4.60. The number of hydrogen-bond donors (Lipinski definition) is 2. The van der Waals surface area contributed by atoms with Crippen molar-refractivity contribution in [2.45, 2.75) is 6.92 Å². The van der Waals surface area contributed by atoms with E-state index in [-0.39, 0.29) is 12.3 Å². The van der Waals surface area contributed by atoms with Crippen LogP contribution in [0.2, 0.25) is 0 Å². The molecule has 0 aliphatic rings. The number of benzene rings is 2. The normalized spacial score (nSPS) is 10.1. The van der Waals surface area contributed by atoms with Crippen LogP contribution < -0.4 is 10.6 Å². The Hall–Kier alpha value is -2.76. The van der Waals surface area contributed by atoms with Crippen LogP contribution in [0.15, 0.2) is 42.5 Å². The number of carbonyl (C=O) groups excluding carboxylic acids is 2. The fraction of sp³-hybridized carbons (Fsp3) is 0.125. The summed E-state index contributed by atoms with van der Waals surface area (Å²) in [7, 11) is 0. The fourth-order valence-corrected chi connectivity index (χ4v) is 1.92. The Morgan fingerprint density at radius 3 is 2.27 bits per heavy atom. The summed E-state index contributed by atoms with van der Waals surface area (Å²) in [5.74, 6) is -2.47. The third kappa shape index (κ3) is 3.66. The number of hydrogen-bond acceptors (Lipinski definition) is 3. The van der Waals surface area contributed by atoms with Gasteiger partial charge >= 0.3 is 0 Å². The highest BCUT2D eigenvalue weighted by Gasteiger charge is 2.12. The number of Topliss-reactive ketones (excluding diaryl/α,β-unsaturated/α-hetero) is 1. The number of amides is 1. The molecule has 0 aliphatic carbocycles. The number of carbonyl (C=O) groups is 2. The smallest absolute Gasteiger partial charge is 0.243 e. The summed E-state index contributed by atoms with van der Waals surface area (Å²) >= 11 is 0. The van der Waals surface area contributed by atoms with Crippen molar-refractivity contribution in [2.24, 2.45) is 0 Å². The first-order valence-corrected chi connectivity index (χ1v) is 6.56. The molecule has 4 nitrogen and oxygen atoms in total. The number of rotatable bonds is 5. The average molecular weight is 304 g/mol. The molecule has 0 radical (unpaired) electrons. The van der Waals surface area contributed by atoms with Gasteiger partial charge < -0.3 is 10.6 Å². The molecule has 0 aromatic heterocycles. The molecule has 0 saturated heterocycles. The largest absolute Gasteiger partial charge is 0.376 e. The molecule has 6 heteroatoms. The maximum Gasteiger partial charge on any atom is 0.243 e. The van der Waals surface area contributed by atoms with Gasteiger partial charge in [0.05, 0.1) is 6.54 Å². The van der Waals surface area contributed by atoms with Gasteiger partial charge in [0.25, 0.3) is 0 Å². The first-order valence-electron chi connectivity index (χ1n) is 6.56. The van der Waals surface area contributed by atoms with Crippen LogP contribution in [0.5, 0.6) is 0 Å². The molecule has 0 unspecified atom stereocenters. The van der Waals surface area contributed by atoms with E-state index in [1.165, 1.54) is 13.0 Å². The lowest BCUT2D eigenvalue weighted by atomic mass is 10.1. The molecule has 2 aromatic carbocycles. The van der Waals surface area contributed by atoms with E-state index in [9.17, 15) is 18.4 Å². The summed E-state index contributed by atoms with van der Waals surface area (Å²) in [4.78, 5) is 23.2. The van der Waals surface area contributed by atoms with Crippen molar-refractivity contribution in [1.82, 2.24) is 0 Å². The maximum absolute atomic E-state index is 13.4. The Morgan fingerprint density at radius 2 is 1.64 bits per heavy atom. The van der Waals surface area contributed by atoms with E-state index in [0.717, 1.165) is 12.1 Å². The third-order valence-corrected chi connectivity index (χ3v) is 2.97. The van der Waals surface area contributed by atoms with E-state index < -0.39 is 23.2 Å². The van der Waals surface area contributed by atoms with Crippen LogP contribution >= 0.6 is 0 Å². The van der Waals surface area contributed by atoms with Crippen LogP contribution in [-0.2, 0) is 4.79 Å². The van der Waals surface area contributed by atoms with Gasteiger partial charge in [-0.15, -0.1) is 0 Å². The van der Waals surface area contributed by atoms with Crippen molar-refractivity contribution in [3.8, 4) is 0 Å². The number of ketones is 1. The molecule has 22 heavy (non-hydrogen) atoms. The summed E-state index contributed by atoms with van der Waals surface area (Å²) in [6, 6.07) is 10.0. The van der Waals surface area contributed by atoms with Gasteiger partial charge in [0.1, 0.15) is 17.3 Å². The van der Waals surface area contributed by atoms with E-state index in [1.807, 2.05) is 0 Å². The predicted octanol–water partition coefficient (Wildman–Crippen LogP) is 3.22. The number of nitrogens with one attached hydrogen (secondary N) is 2. The van der Waals surface area contributed by atoms with Gasteiger partial charge in [-0.05, 0) is 31.2 Å². The topological polar surface area (TPSA) is 58.2 Å². The highest BCUT2D eigenvalue weighted by molar-refractivity contribution is 6.00. The quantitative estimate of drug-likeness (QED) is 0.834. The lowest BCUT2D eigenvalue weighted by molar-refractivity contribution is -0.114. The zero-order valence-corrected chi connectivity index (χ0v) is 11.8. The summed E-state index contributed by atoms with van der Waals surface area (Å²) in [5, 5.41) is 4.94. The van der Waals surface area contributed by atoms with Gasteiger partial charge in [-0.1, -0.05) is 18.2 Å². The molecule has 114 valence electrons. The fourth-order valence-electron chi connectivity index (χ4n) is 1.92. The number of anilines is 2. The second kappa shape index (κ2) is 6.80. The van der Waals surface area contributed by atoms with Gasteiger partial charge in [-0.25, -0.2) is 8.78 Å². The summed E-state index contributed by atoms with van der Waals surface area (Å²) < 4.78 is 26.8. The first-order chi connectivity index (χ1) is 10.5.